The number of esters is 3. The van der Waals surface area contributed by atoms with Crippen LogP contribution in [0.15, 0.2) is 109 Å². The molecule has 11 nitrogen and oxygen atoms in total. The van der Waals surface area contributed by atoms with Gasteiger partial charge in [0.1, 0.15) is 12.7 Å². The Bertz CT molecular complexity index is 1720. The number of hydrogen-bond donors (Lipinski definition) is 2. The van der Waals surface area contributed by atoms with Crippen molar-refractivity contribution in [3.8, 4) is 0 Å². The van der Waals surface area contributed by atoms with E-state index in [1.54, 1.807) is 6.08 Å². The van der Waals surface area contributed by atoms with E-state index in [-0.39, 0.29) is 19.3 Å². The topological polar surface area (TPSA) is 155 Å². The molecule has 12 heteroatoms. The highest BCUT2D eigenvalue weighted by atomic mass is 31.2. The smallest absolute Gasteiger partial charge is 0.461 e. The Morgan fingerprint density at radius 3 is 1.09 bits per heavy atom. The van der Waals surface area contributed by atoms with Gasteiger partial charge in [0, 0.05) is 12.8 Å². The zero-order chi connectivity index (χ0) is 56.9. The van der Waals surface area contributed by atoms with Crippen molar-refractivity contribution in [2.24, 2.45) is 0 Å². The molecule has 0 aliphatic heterocycles. The minimum Gasteiger partial charge on any atom is -0.461 e. The zero-order valence-electron chi connectivity index (χ0n) is 49.3. The molecule has 0 bridgehead atoms. The van der Waals surface area contributed by atoms with Gasteiger partial charge < -0.3 is 24.2 Å². The van der Waals surface area contributed by atoms with Crippen LogP contribution in [0.2, 0.25) is 0 Å². The van der Waals surface area contributed by atoms with Crippen LogP contribution in [0.5, 0.6) is 0 Å². The number of carbonyl (C=O) groups excluding carboxylic acids is 3. The predicted octanol–water partition coefficient (Wildman–Crippen LogP) is 18.6. The van der Waals surface area contributed by atoms with Gasteiger partial charge in [-0.3, -0.25) is 23.4 Å². The van der Waals surface area contributed by atoms with E-state index < -0.39 is 64.4 Å². The van der Waals surface area contributed by atoms with E-state index in [2.05, 4.69) is 112 Å². The van der Waals surface area contributed by atoms with Gasteiger partial charge in [0.25, 0.3) is 0 Å². The van der Waals surface area contributed by atoms with E-state index in [4.69, 9.17) is 23.3 Å². The standard InChI is InChI=1S/C66H111O11P/c1-4-7-10-13-16-19-22-25-28-30-31-33-36-39-42-45-48-51-54-57-66(70)77-63(59-73-64(68)55-52-49-46-43-40-37-34-27-24-21-18-15-12-9-6-3)61-75-78(71,72)74-60-62(58-67)76-65(69)56-53-50-47-44-41-38-35-32-29-26-23-20-17-14-11-8-5-2/h9,12,16-21,25-29,34,40,43,49,52,62-63,67H,4-8,10-11,13-15,22-24,30-33,35-39,41-42,44-48,50-51,53-61H2,1-3H3,(H,71,72)/b12-9-,19-16-,20-17-,21-18-,28-25-,29-26-,34-27-,43-40-,52-49-. The van der Waals surface area contributed by atoms with Crippen molar-refractivity contribution in [2.45, 2.75) is 264 Å². The van der Waals surface area contributed by atoms with E-state index in [1.807, 2.05) is 12.2 Å². The number of hydrogen-bond acceptors (Lipinski definition) is 10. The first-order valence-corrected chi connectivity index (χ1v) is 32.3. The van der Waals surface area contributed by atoms with Gasteiger partial charge in [0.2, 0.25) is 0 Å². The summed E-state index contributed by atoms with van der Waals surface area (Å²) >= 11 is 0. The molecule has 446 valence electrons. The summed E-state index contributed by atoms with van der Waals surface area (Å²) in [6.45, 7) is 4.37. The summed E-state index contributed by atoms with van der Waals surface area (Å²) in [4.78, 5) is 48.6. The number of allylic oxidation sites excluding steroid dienone is 17. The van der Waals surface area contributed by atoms with Crippen LogP contribution >= 0.6 is 7.82 Å². The number of aliphatic hydroxyl groups excluding tert-OH is 1. The summed E-state index contributed by atoms with van der Waals surface area (Å²) in [6.07, 6.45) is 72.1. The molecule has 0 rings (SSSR count). The molecule has 78 heavy (non-hydrogen) atoms. The highest BCUT2D eigenvalue weighted by Crippen LogP contribution is 2.43. The third-order valence-electron chi connectivity index (χ3n) is 12.7. The molecule has 0 heterocycles. The van der Waals surface area contributed by atoms with E-state index >= 15 is 0 Å². The fourth-order valence-electron chi connectivity index (χ4n) is 8.02. The molecule has 3 unspecified atom stereocenters. The number of ether oxygens (including phenoxy) is 3. The largest absolute Gasteiger partial charge is 0.472 e. The maximum atomic E-state index is 12.9. The molecular formula is C66H111O11P. The van der Waals surface area contributed by atoms with Crippen molar-refractivity contribution < 1.29 is 52.2 Å². The van der Waals surface area contributed by atoms with Crippen molar-refractivity contribution >= 4 is 25.7 Å². The average Bonchev–Trinajstić information content (AvgIpc) is 3.43. The Morgan fingerprint density at radius 2 is 0.705 bits per heavy atom. The minimum absolute atomic E-state index is 0.0110. The number of unbranched alkanes of at least 4 members (excludes halogenated alkanes) is 22. The molecule has 0 radical (unpaired) electrons. The third kappa shape index (κ3) is 56.8. The average molecular weight is 1110 g/mol. The summed E-state index contributed by atoms with van der Waals surface area (Å²) in [5, 5.41) is 9.84. The lowest BCUT2D eigenvalue weighted by atomic mass is 10.1. The van der Waals surface area contributed by atoms with E-state index in [1.165, 1.54) is 89.9 Å². The Hall–Kier alpha value is -3.86. The van der Waals surface area contributed by atoms with Gasteiger partial charge in [-0.15, -0.1) is 0 Å². The fraction of sp³-hybridized carbons (Fsp3) is 0.682. The van der Waals surface area contributed by atoms with Crippen molar-refractivity contribution in [3.63, 3.8) is 0 Å². The number of rotatable bonds is 56. The lowest BCUT2D eigenvalue weighted by Gasteiger charge is -2.21. The van der Waals surface area contributed by atoms with Gasteiger partial charge in [-0.1, -0.05) is 233 Å². The highest BCUT2D eigenvalue weighted by Gasteiger charge is 2.28. The SMILES string of the molecule is CC/C=C\C/C=C\C/C=C\C/C=C\C/C=C\CC(=O)OCC(COP(=O)(O)OCC(CO)OC(=O)CCCCCCCCC/C=C\C/C=C\CCCCC)OC(=O)CCCCCCCCCCC/C=C\C/C=C\CCCCC. The first kappa shape index (κ1) is 74.1. The summed E-state index contributed by atoms with van der Waals surface area (Å²) < 4.78 is 39.5. The summed E-state index contributed by atoms with van der Waals surface area (Å²) in [6, 6.07) is 0. The quantitative estimate of drug-likeness (QED) is 0.0197. The number of phosphoric ester groups is 1. The zero-order valence-corrected chi connectivity index (χ0v) is 50.2. The molecule has 3 atom stereocenters. The first-order chi connectivity index (χ1) is 38.2. The molecule has 0 spiro atoms. The lowest BCUT2D eigenvalue weighted by Crippen LogP contribution is -2.30. The van der Waals surface area contributed by atoms with Gasteiger partial charge in [-0.25, -0.2) is 4.57 Å². The summed E-state index contributed by atoms with van der Waals surface area (Å²) in [7, 11) is -4.78. The number of carbonyl (C=O) groups is 3. The molecule has 2 N–H and O–H groups in total. The van der Waals surface area contributed by atoms with Gasteiger partial charge in [0.05, 0.1) is 26.2 Å². The van der Waals surface area contributed by atoms with Crippen LogP contribution in [0.4, 0.5) is 0 Å². The number of aliphatic hydroxyl groups is 1. The van der Waals surface area contributed by atoms with Crippen LogP contribution in [0, 0.1) is 0 Å². The van der Waals surface area contributed by atoms with Gasteiger partial charge >= 0.3 is 25.7 Å². The number of phosphoric acid groups is 1. The molecule has 0 aromatic heterocycles. The molecule has 0 saturated heterocycles. The fourth-order valence-corrected chi connectivity index (χ4v) is 8.80. The van der Waals surface area contributed by atoms with E-state index in [0.717, 1.165) is 103 Å². The third-order valence-corrected chi connectivity index (χ3v) is 13.6. The maximum Gasteiger partial charge on any atom is 0.472 e. The summed E-state index contributed by atoms with van der Waals surface area (Å²) in [5.74, 6) is -1.63. The summed E-state index contributed by atoms with van der Waals surface area (Å²) in [5.41, 5.74) is 0. The predicted molar refractivity (Wildman–Crippen MR) is 325 cm³/mol. The second-order valence-electron chi connectivity index (χ2n) is 20.1. The Balaban J connectivity index is 4.80. The van der Waals surface area contributed by atoms with Crippen LogP contribution in [-0.4, -0.2) is 66.5 Å². The molecule has 0 fully saturated rings. The van der Waals surface area contributed by atoms with Gasteiger partial charge in [-0.05, 0) is 109 Å². The lowest BCUT2D eigenvalue weighted by molar-refractivity contribution is -0.161. The molecule has 0 amide bonds. The van der Waals surface area contributed by atoms with E-state index in [9.17, 15) is 28.9 Å². The van der Waals surface area contributed by atoms with E-state index in [0.29, 0.717) is 19.3 Å². The van der Waals surface area contributed by atoms with Gasteiger partial charge in [-0.2, -0.15) is 0 Å². The molecule has 0 aliphatic rings. The highest BCUT2D eigenvalue weighted by molar-refractivity contribution is 7.47. The van der Waals surface area contributed by atoms with Gasteiger partial charge in [0.15, 0.2) is 6.10 Å². The first-order valence-electron chi connectivity index (χ1n) is 30.8. The van der Waals surface area contributed by atoms with Crippen LogP contribution in [0.25, 0.3) is 0 Å². The molecule has 0 aromatic carbocycles. The Labute approximate surface area is 475 Å². The van der Waals surface area contributed by atoms with Crippen molar-refractivity contribution in [3.05, 3.63) is 109 Å². The van der Waals surface area contributed by atoms with Crippen LogP contribution in [0.1, 0.15) is 252 Å². The molecule has 0 saturated carbocycles. The van der Waals surface area contributed by atoms with Crippen molar-refractivity contribution in [1.29, 1.82) is 0 Å². The molecule has 0 aliphatic carbocycles. The second-order valence-corrected chi connectivity index (χ2v) is 21.6. The molecule has 0 aromatic rings. The second kappa shape index (κ2) is 59.3. The minimum atomic E-state index is -4.78. The Morgan fingerprint density at radius 1 is 0.385 bits per heavy atom. The van der Waals surface area contributed by atoms with Crippen LogP contribution in [-0.2, 0) is 42.2 Å². The monoisotopic (exact) mass is 1110 g/mol. The maximum absolute atomic E-state index is 12.9. The van der Waals surface area contributed by atoms with Crippen LogP contribution in [0.3, 0.4) is 0 Å². The Kier molecular flexibility index (Phi) is 56.3. The molecular weight excluding hydrogens is 1000 g/mol. The van der Waals surface area contributed by atoms with Crippen molar-refractivity contribution in [2.75, 3.05) is 26.4 Å². The normalized spacial score (nSPS) is 14.1. The van der Waals surface area contributed by atoms with Crippen molar-refractivity contribution in [1.82, 2.24) is 0 Å². The van der Waals surface area contributed by atoms with Crippen LogP contribution < -0.4 is 0 Å².